The molecule has 8 nitrogen and oxygen atoms in total. The van der Waals surface area contributed by atoms with Crippen molar-refractivity contribution in [2.75, 3.05) is 26.6 Å². The Morgan fingerprint density at radius 1 is 0.892 bits per heavy atom. The van der Waals surface area contributed by atoms with Gasteiger partial charge in [0.2, 0.25) is 5.75 Å². The van der Waals surface area contributed by atoms with Gasteiger partial charge in [0.1, 0.15) is 17.8 Å². The number of aromatic nitrogens is 3. The lowest BCUT2D eigenvalue weighted by molar-refractivity contribution is 0.112. The second-order valence-corrected chi connectivity index (χ2v) is 8.53. The Morgan fingerprint density at radius 3 is 2.14 bits per heavy atom. The van der Waals surface area contributed by atoms with E-state index in [2.05, 4.69) is 10.3 Å². The van der Waals surface area contributed by atoms with E-state index in [1.807, 2.05) is 59.1 Å². The average Bonchev–Trinajstić information content (AvgIpc) is 3.30. The van der Waals surface area contributed by atoms with E-state index in [0.29, 0.717) is 50.7 Å². The highest BCUT2D eigenvalue weighted by atomic mass is 35.5. The largest absolute Gasteiger partial charge is 0.493 e. The molecule has 2 heterocycles. The Bertz CT molecular complexity index is 1560. The van der Waals surface area contributed by atoms with Gasteiger partial charge in [0.05, 0.1) is 33.2 Å². The van der Waals surface area contributed by atoms with Crippen molar-refractivity contribution in [2.24, 2.45) is 0 Å². The minimum atomic E-state index is 0.497. The van der Waals surface area contributed by atoms with Gasteiger partial charge < -0.3 is 19.5 Å². The van der Waals surface area contributed by atoms with Gasteiger partial charge in [0, 0.05) is 45.7 Å². The predicted octanol–water partition coefficient (Wildman–Crippen LogP) is 6.30. The van der Waals surface area contributed by atoms with Crippen LogP contribution in [0.25, 0.3) is 28.2 Å². The summed E-state index contributed by atoms with van der Waals surface area (Å²) in [6, 6.07) is 18.4. The van der Waals surface area contributed by atoms with Gasteiger partial charge in [-0.3, -0.25) is 14.2 Å². The van der Waals surface area contributed by atoms with Gasteiger partial charge in [0.25, 0.3) is 0 Å². The SMILES string of the molecule is COc1cc(Nc2c(-c3ccc(Cl)cc3)nc3cnc(-c4ccc(C=O)cc4)cn23)cc(OC)c1OC. The van der Waals surface area contributed by atoms with Crippen LogP contribution in [0.3, 0.4) is 0 Å². The quantitative estimate of drug-likeness (QED) is 0.243. The van der Waals surface area contributed by atoms with Crippen molar-refractivity contribution in [1.29, 1.82) is 0 Å². The molecule has 0 amide bonds. The molecule has 0 unspecified atom stereocenters. The Hall–Kier alpha value is -4.56. The lowest BCUT2D eigenvalue weighted by atomic mass is 10.1. The summed E-state index contributed by atoms with van der Waals surface area (Å²) in [7, 11) is 4.71. The highest BCUT2D eigenvalue weighted by Gasteiger charge is 2.19. The van der Waals surface area contributed by atoms with Crippen LogP contribution in [0, 0.1) is 0 Å². The van der Waals surface area contributed by atoms with Crippen molar-refractivity contribution in [2.45, 2.75) is 0 Å². The Labute approximate surface area is 218 Å². The molecule has 3 aromatic carbocycles. The lowest BCUT2D eigenvalue weighted by Crippen LogP contribution is -2.01. The van der Waals surface area contributed by atoms with Crippen LogP contribution in [0.4, 0.5) is 11.5 Å². The molecule has 186 valence electrons. The van der Waals surface area contributed by atoms with E-state index in [0.717, 1.165) is 23.1 Å². The van der Waals surface area contributed by atoms with Crippen LogP contribution in [0.1, 0.15) is 10.4 Å². The molecule has 1 N–H and O–H groups in total. The number of imidazole rings is 1. The van der Waals surface area contributed by atoms with Crippen LogP contribution >= 0.6 is 11.6 Å². The van der Waals surface area contributed by atoms with E-state index in [1.54, 1.807) is 39.7 Å². The molecule has 0 aliphatic carbocycles. The van der Waals surface area contributed by atoms with Crippen molar-refractivity contribution in [3.63, 3.8) is 0 Å². The summed E-state index contributed by atoms with van der Waals surface area (Å²) in [5.41, 5.74) is 5.13. The topological polar surface area (TPSA) is 87.0 Å². The molecular weight excluding hydrogens is 492 g/mol. The predicted molar refractivity (Wildman–Crippen MR) is 144 cm³/mol. The third-order valence-electron chi connectivity index (χ3n) is 5.90. The maximum atomic E-state index is 11.1. The fourth-order valence-corrected chi connectivity index (χ4v) is 4.18. The van der Waals surface area contributed by atoms with E-state index < -0.39 is 0 Å². The van der Waals surface area contributed by atoms with Crippen LogP contribution in [0.5, 0.6) is 17.2 Å². The second kappa shape index (κ2) is 10.2. The number of nitrogens with zero attached hydrogens (tertiary/aromatic N) is 3. The number of ether oxygens (including phenoxy) is 3. The van der Waals surface area contributed by atoms with Crippen LogP contribution in [-0.4, -0.2) is 42.0 Å². The maximum absolute atomic E-state index is 11.1. The fraction of sp³-hybridized carbons (Fsp3) is 0.107. The summed E-state index contributed by atoms with van der Waals surface area (Å²) < 4.78 is 18.5. The number of anilines is 2. The Kier molecular flexibility index (Phi) is 6.66. The number of carbonyl (C=O) groups is 1. The number of aldehydes is 1. The average molecular weight is 515 g/mol. The van der Waals surface area contributed by atoms with E-state index >= 15 is 0 Å². The molecule has 0 spiro atoms. The van der Waals surface area contributed by atoms with Crippen LogP contribution in [0.15, 0.2) is 73.1 Å². The zero-order valence-electron chi connectivity index (χ0n) is 20.4. The molecule has 0 bridgehead atoms. The van der Waals surface area contributed by atoms with Crippen LogP contribution in [-0.2, 0) is 0 Å². The number of fused-ring (bicyclic) bond motifs is 1. The monoisotopic (exact) mass is 514 g/mol. The van der Waals surface area contributed by atoms with Crippen molar-refractivity contribution in [3.8, 4) is 39.8 Å². The molecule has 0 atom stereocenters. The first kappa shape index (κ1) is 24.1. The van der Waals surface area contributed by atoms with Gasteiger partial charge in [-0.05, 0) is 12.1 Å². The molecule has 5 aromatic rings. The molecule has 0 aliphatic heterocycles. The molecule has 37 heavy (non-hydrogen) atoms. The number of rotatable bonds is 8. The van der Waals surface area contributed by atoms with E-state index in [-0.39, 0.29) is 0 Å². The van der Waals surface area contributed by atoms with Crippen molar-refractivity contribution < 1.29 is 19.0 Å². The summed E-state index contributed by atoms with van der Waals surface area (Å²) in [6.45, 7) is 0. The van der Waals surface area contributed by atoms with Crippen LogP contribution < -0.4 is 19.5 Å². The molecule has 5 rings (SSSR count). The minimum absolute atomic E-state index is 0.497. The molecule has 0 aliphatic rings. The Balaban J connectivity index is 1.68. The van der Waals surface area contributed by atoms with E-state index in [1.165, 1.54) is 0 Å². The molecule has 0 radical (unpaired) electrons. The number of hydrogen-bond donors (Lipinski definition) is 1. The van der Waals surface area contributed by atoms with Gasteiger partial charge in [-0.15, -0.1) is 0 Å². The highest BCUT2D eigenvalue weighted by molar-refractivity contribution is 6.30. The minimum Gasteiger partial charge on any atom is -0.493 e. The first-order valence-electron chi connectivity index (χ1n) is 11.3. The molecule has 9 heteroatoms. The van der Waals surface area contributed by atoms with Gasteiger partial charge in [-0.1, -0.05) is 48.0 Å². The maximum Gasteiger partial charge on any atom is 0.203 e. The molecular formula is C28H23ClN4O4. The fourth-order valence-electron chi connectivity index (χ4n) is 4.05. The first-order valence-corrected chi connectivity index (χ1v) is 11.7. The number of nitrogens with one attached hydrogen (secondary N) is 1. The van der Waals surface area contributed by atoms with Crippen molar-refractivity contribution >= 4 is 35.0 Å². The summed E-state index contributed by atoms with van der Waals surface area (Å²) in [5, 5.41) is 4.12. The van der Waals surface area contributed by atoms with Crippen molar-refractivity contribution in [3.05, 3.63) is 83.6 Å². The third-order valence-corrected chi connectivity index (χ3v) is 6.15. The normalized spacial score (nSPS) is 10.8. The van der Waals surface area contributed by atoms with Gasteiger partial charge in [-0.2, -0.15) is 0 Å². The molecule has 0 saturated carbocycles. The van der Waals surface area contributed by atoms with Gasteiger partial charge in [0.15, 0.2) is 17.1 Å². The van der Waals surface area contributed by atoms with Crippen molar-refractivity contribution in [1.82, 2.24) is 14.4 Å². The number of benzene rings is 3. The molecule has 0 fully saturated rings. The number of methoxy groups -OCH3 is 3. The summed E-state index contributed by atoms with van der Waals surface area (Å²) in [4.78, 5) is 20.5. The molecule has 0 saturated heterocycles. The zero-order valence-corrected chi connectivity index (χ0v) is 21.1. The Morgan fingerprint density at radius 2 is 1.54 bits per heavy atom. The number of carbonyl (C=O) groups excluding carboxylic acids is 1. The highest BCUT2D eigenvalue weighted by Crippen LogP contribution is 2.42. The number of halogens is 1. The summed E-state index contributed by atoms with van der Waals surface area (Å²) >= 11 is 6.14. The van der Waals surface area contributed by atoms with E-state index in [9.17, 15) is 4.79 Å². The lowest BCUT2D eigenvalue weighted by Gasteiger charge is -2.16. The smallest absolute Gasteiger partial charge is 0.203 e. The first-order chi connectivity index (χ1) is 18.0. The van der Waals surface area contributed by atoms with Crippen LogP contribution in [0.2, 0.25) is 5.02 Å². The summed E-state index contributed by atoms with van der Waals surface area (Å²) in [6.07, 6.45) is 4.43. The van der Waals surface area contributed by atoms with E-state index in [4.69, 9.17) is 30.8 Å². The summed E-state index contributed by atoms with van der Waals surface area (Å²) in [5.74, 6) is 2.24. The second-order valence-electron chi connectivity index (χ2n) is 8.10. The standard InChI is InChI=1S/C28H23ClN4O4/c1-35-23-12-21(13-24(36-2)27(23)37-3)31-28-26(19-8-10-20(29)11-9-19)32-25-14-30-22(15-33(25)28)18-6-4-17(16-34)5-7-18/h4-16,31H,1-3H3. The zero-order chi connectivity index (χ0) is 25.9. The number of hydrogen-bond acceptors (Lipinski definition) is 7. The van der Waals surface area contributed by atoms with Gasteiger partial charge in [-0.25, -0.2) is 4.98 Å². The third kappa shape index (κ3) is 4.66. The van der Waals surface area contributed by atoms with Gasteiger partial charge >= 0.3 is 0 Å². The molecule has 2 aromatic heterocycles.